The Bertz CT molecular complexity index is 1220. The minimum atomic E-state index is -0.461. The molecule has 0 saturated heterocycles. The van der Waals surface area contributed by atoms with Gasteiger partial charge in [-0.15, -0.1) is 0 Å². The molecule has 29 heavy (non-hydrogen) atoms. The highest BCUT2D eigenvalue weighted by atomic mass is 16.6. The van der Waals surface area contributed by atoms with Crippen LogP contribution in [0.2, 0.25) is 0 Å². The van der Waals surface area contributed by atoms with Crippen molar-refractivity contribution in [3.63, 3.8) is 0 Å². The molecule has 1 N–H and O–H groups in total. The van der Waals surface area contributed by atoms with Crippen LogP contribution in [0.1, 0.15) is 16.8 Å². The van der Waals surface area contributed by atoms with Gasteiger partial charge < -0.3 is 9.73 Å². The fourth-order valence-electron chi connectivity index (χ4n) is 3.19. The number of nitro groups is 1. The number of hydrogen-bond acceptors (Lipinski definition) is 5. The molecular formula is C21H18N4O4. The number of carbonyl (C=O) groups is 1. The SMILES string of the molecule is Cc1ccc2c(CC(=O)Nc3cc(C)nn3-c3ccc([N+](=O)[O-])cc3)coc2c1. The highest BCUT2D eigenvalue weighted by molar-refractivity contribution is 5.95. The second kappa shape index (κ2) is 7.23. The monoisotopic (exact) mass is 390 g/mol. The van der Waals surface area contributed by atoms with Crippen LogP contribution in [0.5, 0.6) is 0 Å². The molecular weight excluding hydrogens is 372 g/mol. The van der Waals surface area contributed by atoms with Crippen molar-refractivity contribution < 1.29 is 14.1 Å². The topological polar surface area (TPSA) is 103 Å². The number of nitrogens with one attached hydrogen (secondary N) is 1. The highest BCUT2D eigenvalue weighted by Gasteiger charge is 2.15. The van der Waals surface area contributed by atoms with Crippen LogP contribution in [0, 0.1) is 24.0 Å². The molecule has 2 heterocycles. The van der Waals surface area contributed by atoms with Crippen molar-refractivity contribution in [2.24, 2.45) is 0 Å². The first-order chi connectivity index (χ1) is 13.9. The van der Waals surface area contributed by atoms with Gasteiger partial charge in [0.25, 0.3) is 5.69 Å². The number of nitro benzene ring substituents is 1. The number of furan rings is 1. The maximum atomic E-state index is 12.6. The summed E-state index contributed by atoms with van der Waals surface area (Å²) in [7, 11) is 0. The summed E-state index contributed by atoms with van der Waals surface area (Å²) in [5, 5.41) is 19.0. The van der Waals surface area contributed by atoms with Gasteiger partial charge in [0.05, 0.1) is 29.0 Å². The predicted octanol–water partition coefficient (Wildman–Crippen LogP) is 4.32. The van der Waals surface area contributed by atoms with E-state index in [0.717, 1.165) is 22.1 Å². The van der Waals surface area contributed by atoms with Gasteiger partial charge in [0.1, 0.15) is 11.4 Å². The summed E-state index contributed by atoms with van der Waals surface area (Å²) in [6.07, 6.45) is 1.75. The van der Waals surface area contributed by atoms with Gasteiger partial charge in [-0.3, -0.25) is 14.9 Å². The second-order valence-electron chi connectivity index (χ2n) is 6.84. The third kappa shape index (κ3) is 3.73. The van der Waals surface area contributed by atoms with E-state index in [1.165, 1.54) is 12.1 Å². The van der Waals surface area contributed by atoms with E-state index >= 15 is 0 Å². The average Bonchev–Trinajstić information content (AvgIpc) is 3.24. The standard InChI is InChI=1S/C21H18N4O4/c1-13-3-8-18-15(12-29-19(18)9-13)11-21(26)22-20-10-14(2)23-24(20)16-4-6-17(7-5-16)25(27)28/h3-10,12H,11H2,1-2H3,(H,22,26). The summed E-state index contributed by atoms with van der Waals surface area (Å²) in [5.74, 6) is 0.279. The molecule has 1 amide bonds. The van der Waals surface area contributed by atoms with Gasteiger partial charge in [-0.1, -0.05) is 12.1 Å². The minimum absolute atomic E-state index is 0.00899. The maximum Gasteiger partial charge on any atom is 0.269 e. The van der Waals surface area contributed by atoms with Crippen molar-refractivity contribution >= 4 is 28.4 Å². The average molecular weight is 390 g/mol. The molecule has 0 aliphatic heterocycles. The number of carbonyl (C=O) groups excluding carboxylic acids is 1. The maximum absolute atomic E-state index is 12.6. The van der Waals surface area contributed by atoms with Crippen LogP contribution < -0.4 is 5.32 Å². The van der Waals surface area contributed by atoms with Crippen molar-refractivity contribution in [1.82, 2.24) is 9.78 Å². The Morgan fingerprint density at radius 3 is 2.66 bits per heavy atom. The number of aryl methyl sites for hydroxylation is 2. The Labute approximate surface area is 165 Å². The third-order valence-corrected chi connectivity index (χ3v) is 4.57. The molecule has 2 aromatic heterocycles. The molecule has 2 aromatic carbocycles. The van der Waals surface area contributed by atoms with E-state index in [-0.39, 0.29) is 18.0 Å². The molecule has 0 bridgehead atoms. The summed E-state index contributed by atoms with van der Waals surface area (Å²) >= 11 is 0. The largest absolute Gasteiger partial charge is 0.464 e. The van der Waals surface area contributed by atoms with E-state index in [0.29, 0.717) is 17.2 Å². The normalized spacial score (nSPS) is 11.0. The van der Waals surface area contributed by atoms with Gasteiger partial charge in [0.15, 0.2) is 0 Å². The number of benzene rings is 2. The molecule has 4 aromatic rings. The van der Waals surface area contributed by atoms with Crippen LogP contribution >= 0.6 is 0 Å². The Morgan fingerprint density at radius 2 is 1.93 bits per heavy atom. The van der Waals surface area contributed by atoms with Gasteiger partial charge in [-0.05, 0) is 37.6 Å². The lowest BCUT2D eigenvalue weighted by Crippen LogP contribution is -2.17. The molecule has 4 rings (SSSR count). The summed E-state index contributed by atoms with van der Waals surface area (Å²) in [6.45, 7) is 3.79. The smallest absolute Gasteiger partial charge is 0.269 e. The lowest BCUT2D eigenvalue weighted by molar-refractivity contribution is -0.384. The molecule has 8 nitrogen and oxygen atoms in total. The van der Waals surface area contributed by atoms with E-state index < -0.39 is 4.92 Å². The van der Waals surface area contributed by atoms with Crippen LogP contribution in [0.25, 0.3) is 16.7 Å². The van der Waals surface area contributed by atoms with E-state index in [2.05, 4.69) is 10.4 Å². The van der Waals surface area contributed by atoms with Crippen LogP contribution in [-0.4, -0.2) is 20.6 Å². The van der Waals surface area contributed by atoms with Gasteiger partial charge in [0, 0.05) is 29.1 Å². The number of nitrogens with zero attached hydrogens (tertiary/aromatic N) is 3. The number of hydrogen-bond donors (Lipinski definition) is 1. The van der Waals surface area contributed by atoms with Gasteiger partial charge in [-0.2, -0.15) is 5.10 Å². The zero-order chi connectivity index (χ0) is 20.5. The molecule has 0 spiro atoms. The first-order valence-electron chi connectivity index (χ1n) is 8.99. The molecule has 8 heteroatoms. The Morgan fingerprint density at radius 1 is 1.17 bits per heavy atom. The highest BCUT2D eigenvalue weighted by Crippen LogP contribution is 2.24. The summed E-state index contributed by atoms with van der Waals surface area (Å²) < 4.78 is 7.11. The fraction of sp³-hybridized carbons (Fsp3) is 0.143. The quantitative estimate of drug-likeness (QED) is 0.404. The number of anilines is 1. The number of aromatic nitrogens is 2. The number of non-ortho nitro benzene ring substituents is 1. The van der Waals surface area contributed by atoms with Crippen molar-refractivity contribution in [2.75, 3.05) is 5.32 Å². The van der Waals surface area contributed by atoms with E-state index in [4.69, 9.17) is 4.42 Å². The lowest BCUT2D eigenvalue weighted by Gasteiger charge is -2.08. The molecule has 0 saturated carbocycles. The summed E-state index contributed by atoms with van der Waals surface area (Å²) in [6, 6.07) is 13.6. The van der Waals surface area contributed by atoms with E-state index in [1.807, 2.05) is 32.0 Å². The molecule has 146 valence electrons. The molecule has 0 radical (unpaired) electrons. The number of fused-ring (bicyclic) bond motifs is 1. The minimum Gasteiger partial charge on any atom is -0.464 e. The van der Waals surface area contributed by atoms with Crippen molar-refractivity contribution in [3.05, 3.63) is 81.7 Å². The summed E-state index contributed by atoms with van der Waals surface area (Å²) in [4.78, 5) is 23.0. The number of rotatable bonds is 5. The first-order valence-corrected chi connectivity index (χ1v) is 8.99. The molecule has 0 atom stereocenters. The first kappa shape index (κ1) is 18.4. The van der Waals surface area contributed by atoms with Crippen LogP contribution in [0.3, 0.4) is 0 Å². The van der Waals surface area contributed by atoms with Crippen LogP contribution in [0.4, 0.5) is 11.5 Å². The Hall–Kier alpha value is -3.94. The fourth-order valence-corrected chi connectivity index (χ4v) is 3.19. The predicted molar refractivity (Wildman–Crippen MR) is 108 cm³/mol. The molecule has 0 unspecified atom stereocenters. The Kier molecular flexibility index (Phi) is 4.59. The third-order valence-electron chi connectivity index (χ3n) is 4.57. The van der Waals surface area contributed by atoms with Crippen molar-refractivity contribution in [1.29, 1.82) is 0 Å². The van der Waals surface area contributed by atoms with Gasteiger partial charge >= 0.3 is 0 Å². The van der Waals surface area contributed by atoms with Gasteiger partial charge in [0.2, 0.25) is 5.91 Å². The van der Waals surface area contributed by atoms with Crippen LogP contribution in [0.15, 0.2) is 59.2 Å². The van der Waals surface area contributed by atoms with E-state index in [1.54, 1.807) is 29.1 Å². The number of amides is 1. The molecule has 0 aliphatic rings. The Balaban J connectivity index is 1.56. The van der Waals surface area contributed by atoms with Gasteiger partial charge in [-0.25, -0.2) is 4.68 Å². The van der Waals surface area contributed by atoms with Crippen LogP contribution in [-0.2, 0) is 11.2 Å². The zero-order valence-corrected chi connectivity index (χ0v) is 15.9. The lowest BCUT2D eigenvalue weighted by atomic mass is 10.1. The second-order valence-corrected chi connectivity index (χ2v) is 6.84. The van der Waals surface area contributed by atoms with Crippen molar-refractivity contribution in [3.8, 4) is 5.69 Å². The van der Waals surface area contributed by atoms with Crippen molar-refractivity contribution in [2.45, 2.75) is 20.3 Å². The molecule has 0 fully saturated rings. The zero-order valence-electron chi connectivity index (χ0n) is 15.9. The molecule has 0 aliphatic carbocycles. The summed E-state index contributed by atoms with van der Waals surface area (Å²) in [5.41, 5.74) is 3.96. The van der Waals surface area contributed by atoms with E-state index in [9.17, 15) is 14.9 Å².